The summed E-state index contributed by atoms with van der Waals surface area (Å²) < 4.78 is 10.5. The largest absolute Gasteiger partial charge is 0.480 e. The first kappa shape index (κ1) is 13.4. The van der Waals surface area contributed by atoms with Gasteiger partial charge in [-0.1, -0.05) is 11.2 Å². The molecule has 0 bridgehead atoms. The van der Waals surface area contributed by atoms with E-state index in [0.29, 0.717) is 17.3 Å². The molecular weight excluding hydrogens is 294 g/mol. The number of benzene rings is 1. The molecule has 1 aromatic carbocycles. The summed E-state index contributed by atoms with van der Waals surface area (Å²) >= 11 is 0. The van der Waals surface area contributed by atoms with Crippen LogP contribution in [0.3, 0.4) is 0 Å². The lowest BCUT2D eigenvalue weighted by molar-refractivity contribution is 0.401. The average Bonchev–Trinajstić information content (AvgIpc) is 3.18. The molecule has 23 heavy (non-hydrogen) atoms. The van der Waals surface area contributed by atoms with Crippen molar-refractivity contribution < 1.29 is 9.26 Å². The number of hydrogen-bond donors (Lipinski definition) is 2. The Bertz CT molecular complexity index is 976. The zero-order valence-corrected chi connectivity index (χ0v) is 12.5. The van der Waals surface area contributed by atoms with Crippen molar-refractivity contribution >= 4 is 16.8 Å². The van der Waals surface area contributed by atoms with Crippen molar-refractivity contribution in [3.8, 4) is 11.9 Å². The highest BCUT2D eigenvalue weighted by Crippen LogP contribution is 2.42. The summed E-state index contributed by atoms with van der Waals surface area (Å²) in [6, 6.07) is 8.18. The molecule has 1 aliphatic heterocycles. The lowest BCUT2D eigenvalue weighted by Crippen LogP contribution is -2.15. The van der Waals surface area contributed by atoms with Crippen molar-refractivity contribution in [3.05, 3.63) is 46.8 Å². The Balaban J connectivity index is 1.94. The maximum atomic E-state index is 9.59. The van der Waals surface area contributed by atoms with Gasteiger partial charge in [0.25, 0.3) is 0 Å². The number of hydrogen-bond acceptors (Lipinski definition) is 6. The molecule has 0 fully saturated rings. The van der Waals surface area contributed by atoms with Crippen molar-refractivity contribution in [2.75, 3.05) is 12.4 Å². The maximum Gasteiger partial charge on any atom is 0.240 e. The van der Waals surface area contributed by atoms with Crippen LogP contribution < -0.4 is 10.1 Å². The molecule has 3 heterocycles. The topological polar surface area (TPSA) is 99.8 Å². The van der Waals surface area contributed by atoms with E-state index in [1.807, 2.05) is 25.1 Å². The zero-order valence-electron chi connectivity index (χ0n) is 12.5. The van der Waals surface area contributed by atoms with Crippen LogP contribution in [0.15, 0.2) is 40.2 Å². The standard InChI is InChI=1S/C16H13N5O2/c1-8-11(6-17)14(12-7-18-23-15(12)19-8)9-3-4-13-10(5-9)16(22-2)21-20-13/h3-5,7,14,19H,1-2H3,(H,20,21). The van der Waals surface area contributed by atoms with Gasteiger partial charge in [0.15, 0.2) is 0 Å². The minimum absolute atomic E-state index is 0.230. The molecular formula is C16H13N5O2. The first-order chi connectivity index (χ1) is 11.2. The van der Waals surface area contributed by atoms with Crippen LogP contribution in [0.25, 0.3) is 10.9 Å². The fraction of sp³-hybridized carbons (Fsp3) is 0.188. The molecule has 4 rings (SSSR count). The smallest absolute Gasteiger partial charge is 0.240 e. The SMILES string of the molecule is COc1n[nH]c2ccc(C3C(C#N)=C(C)Nc4oncc43)cc12. The predicted octanol–water partition coefficient (Wildman–Crippen LogP) is 2.91. The van der Waals surface area contributed by atoms with Gasteiger partial charge in [0.1, 0.15) is 0 Å². The average molecular weight is 307 g/mol. The number of methoxy groups -OCH3 is 1. The maximum absolute atomic E-state index is 9.59. The third kappa shape index (κ3) is 1.89. The first-order valence-electron chi connectivity index (χ1n) is 7.07. The van der Waals surface area contributed by atoms with Crippen LogP contribution in [0.4, 0.5) is 5.88 Å². The van der Waals surface area contributed by atoms with Gasteiger partial charge in [-0.25, -0.2) is 0 Å². The van der Waals surface area contributed by atoms with E-state index in [1.54, 1.807) is 13.3 Å². The van der Waals surface area contributed by atoms with Crippen molar-refractivity contribution in [2.45, 2.75) is 12.8 Å². The highest BCUT2D eigenvalue weighted by atomic mass is 16.5. The molecule has 0 radical (unpaired) electrons. The van der Waals surface area contributed by atoms with Crippen LogP contribution in [0, 0.1) is 11.3 Å². The van der Waals surface area contributed by atoms with Crippen LogP contribution in [0.1, 0.15) is 24.0 Å². The van der Waals surface area contributed by atoms with Crippen molar-refractivity contribution in [1.29, 1.82) is 5.26 Å². The number of allylic oxidation sites excluding steroid dienone is 2. The van der Waals surface area contributed by atoms with Crippen molar-refractivity contribution in [3.63, 3.8) is 0 Å². The number of anilines is 1. The lowest BCUT2D eigenvalue weighted by Gasteiger charge is -2.23. The Hall–Kier alpha value is -3.27. The molecule has 2 N–H and O–H groups in total. The fourth-order valence-corrected chi connectivity index (χ4v) is 2.99. The highest BCUT2D eigenvalue weighted by Gasteiger charge is 2.31. The predicted molar refractivity (Wildman–Crippen MR) is 82.9 cm³/mol. The Morgan fingerprint density at radius 2 is 2.26 bits per heavy atom. The highest BCUT2D eigenvalue weighted by molar-refractivity contribution is 5.85. The molecule has 3 aromatic rings. The van der Waals surface area contributed by atoms with Gasteiger partial charge in [-0.05, 0) is 24.6 Å². The van der Waals surface area contributed by atoms with Crippen LogP contribution in [-0.2, 0) is 0 Å². The third-order valence-electron chi connectivity index (χ3n) is 4.10. The molecule has 1 atom stereocenters. The monoisotopic (exact) mass is 307 g/mol. The van der Waals surface area contributed by atoms with Gasteiger partial charge in [0.2, 0.25) is 11.8 Å². The minimum atomic E-state index is -0.230. The fourth-order valence-electron chi connectivity index (χ4n) is 2.99. The van der Waals surface area contributed by atoms with E-state index in [-0.39, 0.29) is 5.92 Å². The molecule has 7 heteroatoms. The normalized spacial score (nSPS) is 16.8. The van der Waals surface area contributed by atoms with Crippen LogP contribution in [0.2, 0.25) is 0 Å². The third-order valence-corrected chi connectivity index (χ3v) is 4.10. The van der Waals surface area contributed by atoms with Gasteiger partial charge in [-0.3, -0.25) is 5.10 Å². The lowest BCUT2D eigenvalue weighted by atomic mass is 9.83. The quantitative estimate of drug-likeness (QED) is 0.755. The number of rotatable bonds is 2. The van der Waals surface area contributed by atoms with Gasteiger partial charge in [0, 0.05) is 11.3 Å². The summed E-state index contributed by atoms with van der Waals surface area (Å²) in [6.07, 6.45) is 1.65. The molecule has 0 spiro atoms. The number of aromatic nitrogens is 3. The summed E-state index contributed by atoms with van der Waals surface area (Å²) in [7, 11) is 1.58. The van der Waals surface area contributed by atoms with Crippen LogP contribution in [0.5, 0.6) is 5.88 Å². The van der Waals surface area contributed by atoms with Gasteiger partial charge in [-0.15, -0.1) is 5.10 Å². The summed E-state index contributed by atoms with van der Waals surface area (Å²) in [5, 5.41) is 24.4. The van der Waals surface area contributed by atoms with E-state index in [4.69, 9.17) is 9.26 Å². The molecule has 0 amide bonds. The minimum Gasteiger partial charge on any atom is -0.480 e. The molecule has 114 valence electrons. The summed E-state index contributed by atoms with van der Waals surface area (Å²) in [5.74, 6) is 0.873. The summed E-state index contributed by atoms with van der Waals surface area (Å²) in [4.78, 5) is 0. The number of nitrogens with zero attached hydrogens (tertiary/aromatic N) is 3. The number of H-pyrrole nitrogens is 1. The number of ether oxygens (including phenoxy) is 1. The van der Waals surface area contributed by atoms with Crippen LogP contribution in [-0.4, -0.2) is 22.5 Å². The van der Waals surface area contributed by atoms with Gasteiger partial charge in [-0.2, -0.15) is 5.26 Å². The molecule has 7 nitrogen and oxygen atoms in total. The van der Waals surface area contributed by atoms with E-state index in [2.05, 4.69) is 26.7 Å². The van der Waals surface area contributed by atoms with E-state index in [1.165, 1.54) is 0 Å². The molecule has 1 aliphatic rings. The molecule has 2 aromatic heterocycles. The second-order valence-electron chi connectivity index (χ2n) is 5.36. The van der Waals surface area contributed by atoms with Crippen molar-refractivity contribution in [1.82, 2.24) is 15.4 Å². The number of aromatic amines is 1. The Labute approximate surface area is 131 Å². The number of fused-ring (bicyclic) bond motifs is 2. The first-order valence-corrected chi connectivity index (χ1v) is 7.07. The molecule has 0 saturated heterocycles. The van der Waals surface area contributed by atoms with Gasteiger partial charge < -0.3 is 14.6 Å². The van der Waals surface area contributed by atoms with Gasteiger partial charge in [0.05, 0.1) is 41.8 Å². The molecule has 1 unspecified atom stereocenters. The van der Waals surface area contributed by atoms with E-state index >= 15 is 0 Å². The van der Waals surface area contributed by atoms with E-state index < -0.39 is 0 Å². The molecule has 0 saturated carbocycles. The van der Waals surface area contributed by atoms with E-state index in [0.717, 1.165) is 27.7 Å². The van der Waals surface area contributed by atoms with Crippen LogP contribution >= 0.6 is 0 Å². The van der Waals surface area contributed by atoms with Gasteiger partial charge >= 0.3 is 0 Å². The Morgan fingerprint density at radius 1 is 1.39 bits per heavy atom. The summed E-state index contributed by atoms with van der Waals surface area (Å²) in [5.41, 5.74) is 4.08. The second kappa shape index (κ2) is 4.88. The Kier molecular flexibility index (Phi) is 2.84. The second-order valence-corrected chi connectivity index (χ2v) is 5.36. The Morgan fingerprint density at radius 3 is 3.04 bits per heavy atom. The zero-order chi connectivity index (χ0) is 16.0. The molecule has 0 aliphatic carbocycles. The van der Waals surface area contributed by atoms with E-state index in [9.17, 15) is 5.26 Å². The number of nitriles is 1. The summed E-state index contributed by atoms with van der Waals surface area (Å²) in [6.45, 7) is 1.86. The number of nitrogens with one attached hydrogen (secondary N) is 2. The van der Waals surface area contributed by atoms with Crippen molar-refractivity contribution in [2.24, 2.45) is 0 Å².